The number of hydrogen-bond donors (Lipinski definition) is 2. The van der Waals surface area contributed by atoms with Crippen LogP contribution in [0.2, 0.25) is 0 Å². The van der Waals surface area contributed by atoms with Crippen molar-refractivity contribution in [2.24, 2.45) is 0 Å². The average Bonchev–Trinajstić information content (AvgIpc) is 2.96. The minimum Gasteiger partial charge on any atom is -0.399 e. The lowest BCUT2D eigenvalue weighted by Crippen LogP contribution is -2.12. The Morgan fingerprint density at radius 3 is 2.35 bits per heavy atom. The van der Waals surface area contributed by atoms with Gasteiger partial charge in [0.2, 0.25) is 0 Å². The predicted octanol–water partition coefficient (Wildman–Crippen LogP) is 3.68. The second kappa shape index (κ2) is 6.31. The molecule has 0 fully saturated rings. The molecular formula is C17H16N4O2. The van der Waals surface area contributed by atoms with E-state index in [0.29, 0.717) is 5.69 Å². The van der Waals surface area contributed by atoms with Gasteiger partial charge < -0.3 is 15.1 Å². The number of carbonyl (C=O) groups excluding carboxylic acids is 1. The Kier molecular flexibility index (Phi) is 4.05. The zero-order valence-corrected chi connectivity index (χ0v) is 12.8. The number of para-hydroxylation sites is 1. The molecule has 2 N–H and O–H groups in total. The van der Waals surface area contributed by atoms with Crippen LogP contribution in [-0.4, -0.2) is 16.1 Å². The zero-order valence-electron chi connectivity index (χ0n) is 12.8. The molecule has 1 heterocycles. The summed E-state index contributed by atoms with van der Waals surface area (Å²) >= 11 is 0. The normalized spacial score (nSPS) is 10.3. The maximum atomic E-state index is 12.1. The number of aryl methyl sites for hydroxylation is 2. The van der Waals surface area contributed by atoms with Crippen molar-refractivity contribution in [2.45, 2.75) is 13.8 Å². The van der Waals surface area contributed by atoms with E-state index in [0.717, 1.165) is 16.8 Å². The Morgan fingerprint density at radius 2 is 1.65 bits per heavy atom. The highest BCUT2D eigenvalue weighted by molar-refractivity contribution is 6.00. The summed E-state index contributed by atoms with van der Waals surface area (Å²) in [5, 5.41) is 13.3. The van der Waals surface area contributed by atoms with Gasteiger partial charge in [-0.05, 0) is 49.2 Å². The molecule has 0 bridgehead atoms. The number of benzene rings is 2. The fraction of sp³-hybridized carbons (Fsp3) is 0.118. The third-order valence-corrected chi connectivity index (χ3v) is 3.12. The second-order valence-electron chi connectivity index (χ2n) is 5.23. The lowest BCUT2D eigenvalue weighted by molar-refractivity contribution is 0.0991. The van der Waals surface area contributed by atoms with Crippen molar-refractivity contribution >= 4 is 23.3 Å². The van der Waals surface area contributed by atoms with E-state index in [2.05, 4.69) is 26.9 Å². The number of amides is 1. The number of anilines is 3. The summed E-state index contributed by atoms with van der Waals surface area (Å²) in [5.41, 5.74) is 3.74. The van der Waals surface area contributed by atoms with E-state index in [1.54, 1.807) is 12.1 Å². The second-order valence-corrected chi connectivity index (χ2v) is 5.23. The molecule has 3 aromatic rings. The maximum absolute atomic E-state index is 12.1. The van der Waals surface area contributed by atoms with Crippen LogP contribution in [0.25, 0.3) is 0 Å². The van der Waals surface area contributed by atoms with E-state index in [1.807, 2.05) is 44.2 Å². The summed E-state index contributed by atoms with van der Waals surface area (Å²) in [6.45, 7) is 4.01. The molecule has 0 atom stereocenters. The molecule has 0 spiro atoms. The van der Waals surface area contributed by atoms with Gasteiger partial charge in [0.15, 0.2) is 0 Å². The van der Waals surface area contributed by atoms with Gasteiger partial charge in [0, 0.05) is 11.4 Å². The molecule has 0 aliphatic carbocycles. The van der Waals surface area contributed by atoms with Crippen LogP contribution in [0.1, 0.15) is 21.8 Å². The van der Waals surface area contributed by atoms with Gasteiger partial charge in [-0.2, -0.15) is 0 Å². The van der Waals surface area contributed by atoms with Gasteiger partial charge in [0.05, 0.1) is 0 Å². The average molecular weight is 308 g/mol. The molecule has 0 aliphatic heterocycles. The van der Waals surface area contributed by atoms with Crippen LogP contribution in [0.4, 0.5) is 17.4 Å². The van der Waals surface area contributed by atoms with Gasteiger partial charge in [0.25, 0.3) is 0 Å². The van der Waals surface area contributed by atoms with E-state index in [-0.39, 0.29) is 11.9 Å². The molecular weight excluding hydrogens is 292 g/mol. The quantitative estimate of drug-likeness (QED) is 0.768. The first-order valence-corrected chi connectivity index (χ1v) is 7.15. The summed E-state index contributed by atoms with van der Waals surface area (Å²) < 4.78 is 5.36. The van der Waals surface area contributed by atoms with Gasteiger partial charge in [0.1, 0.15) is 0 Å². The largest absolute Gasteiger partial charge is 0.399 e. The molecule has 23 heavy (non-hydrogen) atoms. The van der Waals surface area contributed by atoms with E-state index in [9.17, 15) is 4.79 Å². The van der Waals surface area contributed by atoms with Crippen molar-refractivity contribution in [1.82, 2.24) is 10.2 Å². The summed E-state index contributed by atoms with van der Waals surface area (Å²) in [4.78, 5) is 12.1. The van der Waals surface area contributed by atoms with Gasteiger partial charge in [-0.1, -0.05) is 29.4 Å². The van der Waals surface area contributed by atoms with Gasteiger partial charge in [-0.25, -0.2) is 0 Å². The van der Waals surface area contributed by atoms with Crippen LogP contribution in [0.5, 0.6) is 0 Å². The fourth-order valence-electron chi connectivity index (χ4n) is 2.24. The van der Waals surface area contributed by atoms with E-state index >= 15 is 0 Å². The molecule has 1 amide bonds. The Morgan fingerprint density at radius 1 is 0.957 bits per heavy atom. The van der Waals surface area contributed by atoms with Crippen molar-refractivity contribution < 1.29 is 9.21 Å². The Balaban J connectivity index is 1.71. The smallest absolute Gasteiger partial charge is 0.320 e. The number of carbonyl (C=O) groups is 1. The Labute approximate surface area is 133 Å². The standard InChI is InChI=1S/C17H16N4O2/c1-11-8-12(2)10-14(9-11)19-17-21-20-16(23-17)15(22)18-13-6-4-3-5-7-13/h3-10H,1-2H3,(H,18,22)(H,19,21). The lowest BCUT2D eigenvalue weighted by Gasteiger charge is -2.04. The Hall–Kier alpha value is -3.15. The highest BCUT2D eigenvalue weighted by atomic mass is 16.4. The molecule has 0 aliphatic rings. The molecule has 6 heteroatoms. The van der Waals surface area contributed by atoms with Crippen LogP contribution < -0.4 is 10.6 Å². The number of aromatic nitrogens is 2. The molecule has 0 saturated heterocycles. The molecule has 0 radical (unpaired) electrons. The zero-order chi connectivity index (χ0) is 16.2. The SMILES string of the molecule is Cc1cc(C)cc(Nc2nnc(C(=O)Nc3ccccc3)o2)c1. The lowest BCUT2D eigenvalue weighted by atomic mass is 10.1. The minimum atomic E-state index is -0.447. The first kappa shape index (κ1) is 14.8. The van der Waals surface area contributed by atoms with E-state index in [1.165, 1.54) is 0 Å². The molecule has 0 saturated carbocycles. The van der Waals surface area contributed by atoms with Crippen molar-refractivity contribution in [3.63, 3.8) is 0 Å². The highest BCUT2D eigenvalue weighted by Crippen LogP contribution is 2.19. The molecule has 0 unspecified atom stereocenters. The van der Waals surface area contributed by atoms with Crippen LogP contribution >= 0.6 is 0 Å². The predicted molar refractivity (Wildman–Crippen MR) is 87.9 cm³/mol. The third kappa shape index (κ3) is 3.74. The van der Waals surface area contributed by atoms with Gasteiger partial charge in [-0.15, -0.1) is 5.10 Å². The maximum Gasteiger partial charge on any atom is 0.320 e. The number of rotatable bonds is 4. The van der Waals surface area contributed by atoms with Crippen molar-refractivity contribution in [3.8, 4) is 0 Å². The first-order chi connectivity index (χ1) is 11.1. The number of hydrogen-bond acceptors (Lipinski definition) is 5. The molecule has 1 aromatic heterocycles. The molecule has 6 nitrogen and oxygen atoms in total. The van der Waals surface area contributed by atoms with Crippen molar-refractivity contribution in [3.05, 3.63) is 65.5 Å². The number of nitrogens with zero attached hydrogens (tertiary/aromatic N) is 2. The summed E-state index contributed by atoms with van der Waals surface area (Å²) in [7, 11) is 0. The van der Waals surface area contributed by atoms with Crippen LogP contribution in [0.15, 0.2) is 52.9 Å². The van der Waals surface area contributed by atoms with Gasteiger partial charge >= 0.3 is 17.8 Å². The highest BCUT2D eigenvalue weighted by Gasteiger charge is 2.15. The molecule has 2 aromatic carbocycles. The first-order valence-electron chi connectivity index (χ1n) is 7.15. The summed E-state index contributed by atoms with van der Waals surface area (Å²) in [6.07, 6.45) is 0. The third-order valence-electron chi connectivity index (χ3n) is 3.12. The van der Waals surface area contributed by atoms with Crippen molar-refractivity contribution in [2.75, 3.05) is 10.6 Å². The van der Waals surface area contributed by atoms with E-state index in [4.69, 9.17) is 4.42 Å². The van der Waals surface area contributed by atoms with Crippen LogP contribution in [0, 0.1) is 13.8 Å². The fourth-order valence-corrected chi connectivity index (χ4v) is 2.24. The molecule has 116 valence electrons. The van der Waals surface area contributed by atoms with Gasteiger partial charge in [-0.3, -0.25) is 4.79 Å². The summed E-state index contributed by atoms with van der Waals surface area (Å²) in [6, 6.07) is 15.3. The Bertz CT molecular complexity index is 807. The monoisotopic (exact) mass is 308 g/mol. The summed E-state index contributed by atoms with van der Waals surface area (Å²) in [5.74, 6) is -0.544. The topological polar surface area (TPSA) is 80.0 Å². The minimum absolute atomic E-state index is 0.0965. The molecule has 3 rings (SSSR count). The van der Waals surface area contributed by atoms with Crippen LogP contribution in [0.3, 0.4) is 0 Å². The van der Waals surface area contributed by atoms with Crippen LogP contribution in [-0.2, 0) is 0 Å². The van der Waals surface area contributed by atoms with E-state index < -0.39 is 5.91 Å². The number of nitrogens with one attached hydrogen (secondary N) is 2. The van der Waals surface area contributed by atoms with Crippen molar-refractivity contribution in [1.29, 1.82) is 0 Å².